The molecule has 9 heteroatoms. The Labute approximate surface area is 182 Å². The van der Waals surface area contributed by atoms with Crippen molar-refractivity contribution in [3.05, 3.63) is 77.7 Å². The molecule has 0 aliphatic rings. The van der Waals surface area contributed by atoms with Gasteiger partial charge in [-0.2, -0.15) is 0 Å². The number of hydrogen-bond acceptors (Lipinski definition) is 6. The summed E-state index contributed by atoms with van der Waals surface area (Å²) in [6, 6.07) is 16.9. The lowest BCUT2D eigenvalue weighted by Crippen LogP contribution is -2.31. The minimum absolute atomic E-state index is 0.158. The number of anilines is 1. The number of fused-ring (bicyclic) bond motifs is 1. The quantitative estimate of drug-likeness (QED) is 0.390. The highest BCUT2D eigenvalue weighted by Crippen LogP contribution is 2.32. The number of nitrogens with zero attached hydrogens (tertiary/aromatic N) is 2. The number of amides is 1. The Morgan fingerprint density at radius 3 is 2.63 bits per heavy atom. The first kappa shape index (κ1) is 20.6. The standard InChI is InChI=1S/C21H17ClN2O4S2/c22-15-8-9-18-19(13-15)29-21(23-18)24(14-16-5-4-11-28-16)20(25)10-12-30(26,27)17-6-2-1-3-7-17/h1-9,11,13H,10,12,14H2. The van der Waals surface area contributed by atoms with Gasteiger partial charge in [0.15, 0.2) is 15.0 Å². The Hall–Kier alpha value is -2.68. The Bertz CT molecular complexity index is 1270. The second-order valence-electron chi connectivity index (χ2n) is 6.55. The monoisotopic (exact) mass is 460 g/mol. The molecule has 2 aromatic heterocycles. The fourth-order valence-electron chi connectivity index (χ4n) is 2.92. The van der Waals surface area contributed by atoms with E-state index in [1.165, 1.54) is 34.6 Å². The first-order valence-electron chi connectivity index (χ1n) is 9.09. The van der Waals surface area contributed by atoms with Gasteiger partial charge in [0.1, 0.15) is 5.76 Å². The summed E-state index contributed by atoms with van der Waals surface area (Å²) in [6.45, 7) is 0.158. The Morgan fingerprint density at radius 2 is 1.90 bits per heavy atom. The number of carbonyl (C=O) groups is 1. The summed E-state index contributed by atoms with van der Waals surface area (Å²) >= 11 is 7.38. The lowest BCUT2D eigenvalue weighted by atomic mass is 10.3. The topological polar surface area (TPSA) is 80.5 Å². The van der Waals surface area contributed by atoms with E-state index in [0.29, 0.717) is 21.4 Å². The van der Waals surface area contributed by atoms with Crippen molar-refractivity contribution in [2.45, 2.75) is 17.9 Å². The molecule has 0 N–H and O–H groups in total. The van der Waals surface area contributed by atoms with Crippen LogP contribution in [0.5, 0.6) is 0 Å². The molecule has 0 saturated heterocycles. The highest BCUT2D eigenvalue weighted by Gasteiger charge is 2.24. The van der Waals surface area contributed by atoms with Crippen LogP contribution in [0.3, 0.4) is 0 Å². The minimum Gasteiger partial charge on any atom is -0.467 e. The predicted octanol–water partition coefficient (Wildman–Crippen LogP) is 4.94. The molecule has 0 radical (unpaired) electrons. The number of aromatic nitrogens is 1. The van der Waals surface area contributed by atoms with Crippen LogP contribution in [0.1, 0.15) is 12.2 Å². The number of furan rings is 1. The average molecular weight is 461 g/mol. The van der Waals surface area contributed by atoms with E-state index >= 15 is 0 Å². The van der Waals surface area contributed by atoms with Crippen LogP contribution in [0.15, 0.2) is 76.2 Å². The summed E-state index contributed by atoms with van der Waals surface area (Å²) in [6.07, 6.45) is 1.35. The largest absolute Gasteiger partial charge is 0.467 e. The van der Waals surface area contributed by atoms with Gasteiger partial charge in [0, 0.05) is 11.4 Å². The highest BCUT2D eigenvalue weighted by atomic mass is 35.5. The molecule has 2 aromatic carbocycles. The van der Waals surface area contributed by atoms with Crippen molar-refractivity contribution < 1.29 is 17.6 Å². The minimum atomic E-state index is -3.57. The van der Waals surface area contributed by atoms with Gasteiger partial charge >= 0.3 is 0 Å². The van der Waals surface area contributed by atoms with Crippen LogP contribution in [-0.4, -0.2) is 25.1 Å². The van der Waals surface area contributed by atoms with Crippen molar-refractivity contribution >= 4 is 54.0 Å². The molecule has 0 unspecified atom stereocenters. The second-order valence-corrected chi connectivity index (χ2v) is 10.1. The van der Waals surface area contributed by atoms with Crippen LogP contribution < -0.4 is 4.90 Å². The molecule has 0 aliphatic carbocycles. The van der Waals surface area contributed by atoms with Gasteiger partial charge in [0.25, 0.3) is 0 Å². The van der Waals surface area contributed by atoms with Crippen molar-refractivity contribution in [3.8, 4) is 0 Å². The van der Waals surface area contributed by atoms with Crippen molar-refractivity contribution in [2.75, 3.05) is 10.7 Å². The number of halogens is 1. The molecule has 4 aromatic rings. The molecule has 0 atom stereocenters. The molecule has 4 rings (SSSR count). The molecule has 2 heterocycles. The van der Waals surface area contributed by atoms with Crippen LogP contribution in [-0.2, 0) is 21.2 Å². The maximum atomic E-state index is 13.1. The molecule has 0 bridgehead atoms. The van der Waals surface area contributed by atoms with E-state index in [4.69, 9.17) is 16.0 Å². The van der Waals surface area contributed by atoms with Gasteiger partial charge in [-0.25, -0.2) is 13.4 Å². The number of sulfone groups is 1. The van der Waals surface area contributed by atoms with Crippen LogP contribution in [0, 0.1) is 0 Å². The number of rotatable bonds is 7. The summed E-state index contributed by atoms with van der Waals surface area (Å²) in [5, 5.41) is 1.04. The van der Waals surface area contributed by atoms with Gasteiger partial charge in [0.2, 0.25) is 5.91 Å². The normalized spacial score (nSPS) is 11.6. The van der Waals surface area contributed by atoms with E-state index in [0.717, 1.165) is 4.70 Å². The third-order valence-electron chi connectivity index (χ3n) is 4.45. The van der Waals surface area contributed by atoms with E-state index in [-0.39, 0.29) is 29.5 Å². The van der Waals surface area contributed by atoms with Gasteiger partial charge in [0.05, 0.1) is 33.7 Å². The molecule has 154 valence electrons. The molecule has 0 spiro atoms. The summed E-state index contributed by atoms with van der Waals surface area (Å²) in [7, 11) is -3.57. The fraction of sp³-hybridized carbons (Fsp3) is 0.143. The van der Waals surface area contributed by atoms with E-state index in [2.05, 4.69) is 4.98 Å². The average Bonchev–Trinajstić information content (AvgIpc) is 3.40. The van der Waals surface area contributed by atoms with Crippen molar-refractivity contribution in [2.24, 2.45) is 0 Å². The molecule has 30 heavy (non-hydrogen) atoms. The molecular formula is C21H17ClN2O4S2. The number of thiazole rings is 1. The Balaban J connectivity index is 1.59. The number of hydrogen-bond donors (Lipinski definition) is 0. The molecule has 0 fully saturated rings. The van der Waals surface area contributed by atoms with Crippen molar-refractivity contribution in [1.29, 1.82) is 0 Å². The van der Waals surface area contributed by atoms with E-state index in [1.807, 2.05) is 0 Å². The zero-order chi connectivity index (χ0) is 21.1. The number of carbonyl (C=O) groups excluding carboxylic acids is 1. The lowest BCUT2D eigenvalue weighted by molar-refractivity contribution is -0.118. The Morgan fingerprint density at radius 1 is 1.10 bits per heavy atom. The van der Waals surface area contributed by atoms with Crippen LogP contribution in [0.25, 0.3) is 10.2 Å². The Kier molecular flexibility index (Phi) is 5.90. The van der Waals surface area contributed by atoms with Crippen LogP contribution in [0.4, 0.5) is 5.13 Å². The maximum absolute atomic E-state index is 13.1. The van der Waals surface area contributed by atoms with E-state index < -0.39 is 9.84 Å². The second kappa shape index (κ2) is 8.59. The van der Waals surface area contributed by atoms with Gasteiger partial charge in [-0.05, 0) is 42.5 Å². The molecule has 6 nitrogen and oxygen atoms in total. The maximum Gasteiger partial charge on any atom is 0.230 e. The van der Waals surface area contributed by atoms with Gasteiger partial charge < -0.3 is 4.42 Å². The zero-order valence-corrected chi connectivity index (χ0v) is 18.1. The highest BCUT2D eigenvalue weighted by molar-refractivity contribution is 7.91. The van der Waals surface area contributed by atoms with Gasteiger partial charge in [-0.15, -0.1) is 0 Å². The van der Waals surface area contributed by atoms with Crippen LogP contribution in [0.2, 0.25) is 5.02 Å². The SMILES string of the molecule is O=C(CCS(=O)(=O)c1ccccc1)N(Cc1ccco1)c1nc2ccc(Cl)cc2s1. The van der Waals surface area contributed by atoms with E-state index in [1.54, 1.807) is 48.5 Å². The molecule has 1 amide bonds. The zero-order valence-electron chi connectivity index (χ0n) is 15.7. The smallest absolute Gasteiger partial charge is 0.230 e. The van der Waals surface area contributed by atoms with Gasteiger partial charge in [-0.3, -0.25) is 9.69 Å². The molecule has 0 aliphatic heterocycles. The molecular weight excluding hydrogens is 444 g/mol. The fourth-order valence-corrected chi connectivity index (χ4v) is 5.43. The van der Waals surface area contributed by atoms with Gasteiger partial charge in [-0.1, -0.05) is 41.1 Å². The third-order valence-corrected chi connectivity index (χ3v) is 7.46. The first-order valence-corrected chi connectivity index (χ1v) is 11.9. The summed E-state index contributed by atoms with van der Waals surface area (Å²) in [4.78, 5) is 19.2. The summed E-state index contributed by atoms with van der Waals surface area (Å²) in [5.74, 6) is -0.0658. The van der Waals surface area contributed by atoms with Crippen molar-refractivity contribution in [1.82, 2.24) is 4.98 Å². The van der Waals surface area contributed by atoms with E-state index in [9.17, 15) is 13.2 Å². The lowest BCUT2D eigenvalue weighted by Gasteiger charge is -2.18. The van der Waals surface area contributed by atoms with Crippen molar-refractivity contribution in [3.63, 3.8) is 0 Å². The summed E-state index contributed by atoms with van der Waals surface area (Å²) in [5.41, 5.74) is 0.716. The van der Waals surface area contributed by atoms with Crippen LogP contribution >= 0.6 is 22.9 Å². The third kappa shape index (κ3) is 4.56. The molecule has 0 saturated carbocycles. The predicted molar refractivity (Wildman–Crippen MR) is 118 cm³/mol. The summed E-state index contributed by atoms with van der Waals surface area (Å²) < 4.78 is 31.4. The first-order chi connectivity index (χ1) is 14.4. The number of benzene rings is 2.